The van der Waals surface area contributed by atoms with E-state index in [0.29, 0.717) is 6.04 Å². The smallest absolute Gasteiger partial charge is 0.0110 e. The Kier molecular flexibility index (Phi) is 3.34. The molecule has 1 aliphatic heterocycles. The Balaban J connectivity index is 2.31. The molecule has 0 bridgehead atoms. The molecule has 2 N–H and O–H groups in total. The van der Waals surface area contributed by atoms with Crippen LogP contribution in [0.15, 0.2) is 0 Å². The summed E-state index contributed by atoms with van der Waals surface area (Å²) >= 11 is 0. The van der Waals surface area contributed by atoms with Gasteiger partial charge in [0.2, 0.25) is 0 Å². The van der Waals surface area contributed by atoms with E-state index in [4.69, 9.17) is 5.73 Å². The van der Waals surface area contributed by atoms with Gasteiger partial charge in [0.15, 0.2) is 0 Å². The lowest BCUT2D eigenvalue weighted by Crippen LogP contribution is -2.33. The van der Waals surface area contributed by atoms with E-state index < -0.39 is 0 Å². The molecule has 0 saturated carbocycles. The first-order valence-corrected chi connectivity index (χ1v) is 4.73. The molecule has 0 aromatic carbocycles. The normalized spacial score (nSPS) is 29.2. The lowest BCUT2D eigenvalue weighted by molar-refractivity contribution is 0.247. The molecule has 0 aromatic rings. The summed E-state index contributed by atoms with van der Waals surface area (Å²) in [6.45, 7) is 6.82. The second-order valence-electron chi connectivity index (χ2n) is 3.64. The molecule has 2 atom stereocenters. The van der Waals surface area contributed by atoms with Crippen LogP contribution in [0, 0.1) is 0 Å². The Morgan fingerprint density at radius 1 is 1.64 bits per heavy atom. The van der Waals surface area contributed by atoms with Crippen LogP contribution in [0.25, 0.3) is 0 Å². The SMILES string of the molecule is CCN1CCC[C@@H]1C[C@@H](C)N. The molecule has 1 rings (SSSR count). The van der Waals surface area contributed by atoms with Crippen molar-refractivity contribution in [3.05, 3.63) is 0 Å². The third kappa shape index (κ3) is 2.46. The Labute approximate surface area is 69.8 Å². The maximum atomic E-state index is 5.76. The molecule has 11 heavy (non-hydrogen) atoms. The summed E-state index contributed by atoms with van der Waals surface area (Å²) in [5, 5.41) is 0. The first-order valence-electron chi connectivity index (χ1n) is 4.73. The summed E-state index contributed by atoms with van der Waals surface area (Å²) in [7, 11) is 0. The van der Waals surface area contributed by atoms with Crippen LogP contribution in [0.5, 0.6) is 0 Å². The number of hydrogen-bond acceptors (Lipinski definition) is 2. The van der Waals surface area contributed by atoms with Gasteiger partial charge in [-0.2, -0.15) is 0 Å². The molecule has 1 heterocycles. The molecule has 0 spiro atoms. The molecule has 1 saturated heterocycles. The van der Waals surface area contributed by atoms with Crippen LogP contribution in [0.2, 0.25) is 0 Å². The molecule has 0 aliphatic carbocycles. The largest absolute Gasteiger partial charge is 0.328 e. The van der Waals surface area contributed by atoms with Crippen molar-refractivity contribution in [3.8, 4) is 0 Å². The van der Waals surface area contributed by atoms with Gasteiger partial charge in [0, 0.05) is 12.1 Å². The monoisotopic (exact) mass is 156 g/mol. The predicted molar refractivity (Wildman–Crippen MR) is 48.5 cm³/mol. The van der Waals surface area contributed by atoms with Crippen LogP contribution in [0.1, 0.15) is 33.1 Å². The third-order valence-corrected chi connectivity index (χ3v) is 2.55. The molecule has 1 fully saturated rings. The van der Waals surface area contributed by atoms with E-state index in [-0.39, 0.29) is 0 Å². The van der Waals surface area contributed by atoms with E-state index in [2.05, 4.69) is 18.7 Å². The van der Waals surface area contributed by atoms with E-state index in [0.717, 1.165) is 6.04 Å². The third-order valence-electron chi connectivity index (χ3n) is 2.55. The van der Waals surface area contributed by atoms with Crippen molar-refractivity contribution >= 4 is 0 Å². The zero-order valence-corrected chi connectivity index (χ0v) is 7.71. The summed E-state index contributed by atoms with van der Waals surface area (Å²) in [4.78, 5) is 2.54. The summed E-state index contributed by atoms with van der Waals surface area (Å²) in [6.07, 6.45) is 3.90. The average Bonchev–Trinajstić information content (AvgIpc) is 2.34. The van der Waals surface area contributed by atoms with Gasteiger partial charge in [-0.15, -0.1) is 0 Å². The Hall–Kier alpha value is -0.0800. The molecular weight excluding hydrogens is 136 g/mol. The molecule has 0 amide bonds. The van der Waals surface area contributed by atoms with Gasteiger partial charge in [0.05, 0.1) is 0 Å². The van der Waals surface area contributed by atoms with Gasteiger partial charge in [-0.3, -0.25) is 0 Å². The van der Waals surface area contributed by atoms with Crippen molar-refractivity contribution in [2.75, 3.05) is 13.1 Å². The summed E-state index contributed by atoms with van der Waals surface area (Å²) in [5.74, 6) is 0. The molecule has 0 radical (unpaired) electrons. The maximum Gasteiger partial charge on any atom is 0.0110 e. The highest BCUT2D eigenvalue weighted by molar-refractivity contribution is 4.80. The van der Waals surface area contributed by atoms with Crippen LogP contribution in [-0.4, -0.2) is 30.1 Å². The molecule has 2 heteroatoms. The Morgan fingerprint density at radius 2 is 2.36 bits per heavy atom. The first-order chi connectivity index (χ1) is 5.24. The van der Waals surface area contributed by atoms with E-state index in [9.17, 15) is 0 Å². The van der Waals surface area contributed by atoms with Gasteiger partial charge in [0.25, 0.3) is 0 Å². The minimum Gasteiger partial charge on any atom is -0.328 e. The fraction of sp³-hybridized carbons (Fsp3) is 1.00. The molecule has 66 valence electrons. The molecule has 0 aromatic heterocycles. The van der Waals surface area contributed by atoms with Crippen molar-refractivity contribution in [3.63, 3.8) is 0 Å². The molecular formula is C9H20N2. The van der Waals surface area contributed by atoms with Crippen molar-refractivity contribution in [1.29, 1.82) is 0 Å². The van der Waals surface area contributed by atoms with Gasteiger partial charge in [-0.1, -0.05) is 6.92 Å². The number of hydrogen-bond donors (Lipinski definition) is 1. The van der Waals surface area contributed by atoms with Gasteiger partial charge in [-0.25, -0.2) is 0 Å². The Morgan fingerprint density at radius 3 is 2.91 bits per heavy atom. The first kappa shape index (κ1) is 9.01. The van der Waals surface area contributed by atoms with Gasteiger partial charge in [-0.05, 0) is 39.3 Å². The standard InChI is InChI=1S/C9H20N2/c1-3-11-6-4-5-9(11)7-8(2)10/h8-9H,3-7,10H2,1-2H3/t8-,9-/m1/s1. The summed E-state index contributed by atoms with van der Waals surface area (Å²) in [5.41, 5.74) is 5.76. The van der Waals surface area contributed by atoms with Crippen LogP contribution < -0.4 is 5.73 Å². The highest BCUT2D eigenvalue weighted by Crippen LogP contribution is 2.19. The van der Waals surface area contributed by atoms with E-state index in [1.165, 1.54) is 32.4 Å². The minimum atomic E-state index is 0.368. The predicted octanol–water partition coefficient (Wildman–Crippen LogP) is 1.21. The van der Waals surface area contributed by atoms with Crippen LogP contribution >= 0.6 is 0 Å². The second-order valence-corrected chi connectivity index (χ2v) is 3.64. The zero-order chi connectivity index (χ0) is 8.27. The topological polar surface area (TPSA) is 29.3 Å². The van der Waals surface area contributed by atoms with Gasteiger partial charge >= 0.3 is 0 Å². The summed E-state index contributed by atoms with van der Waals surface area (Å²) < 4.78 is 0. The second kappa shape index (κ2) is 4.07. The van der Waals surface area contributed by atoms with Gasteiger partial charge in [0.1, 0.15) is 0 Å². The molecule has 2 nitrogen and oxygen atoms in total. The van der Waals surface area contributed by atoms with Gasteiger partial charge < -0.3 is 10.6 Å². The number of nitrogens with zero attached hydrogens (tertiary/aromatic N) is 1. The van der Waals surface area contributed by atoms with Crippen molar-refractivity contribution in [2.24, 2.45) is 5.73 Å². The average molecular weight is 156 g/mol. The van der Waals surface area contributed by atoms with Crippen LogP contribution in [0.4, 0.5) is 0 Å². The van der Waals surface area contributed by atoms with Crippen molar-refractivity contribution in [1.82, 2.24) is 4.90 Å². The lowest BCUT2D eigenvalue weighted by atomic mass is 10.1. The zero-order valence-electron chi connectivity index (χ0n) is 7.71. The van der Waals surface area contributed by atoms with Crippen LogP contribution in [0.3, 0.4) is 0 Å². The molecule has 0 unspecified atom stereocenters. The van der Waals surface area contributed by atoms with Crippen LogP contribution in [-0.2, 0) is 0 Å². The fourth-order valence-electron chi connectivity index (χ4n) is 2.01. The fourth-order valence-corrected chi connectivity index (χ4v) is 2.01. The number of nitrogens with two attached hydrogens (primary N) is 1. The lowest BCUT2D eigenvalue weighted by Gasteiger charge is -2.23. The number of likely N-dealkylation sites (tertiary alicyclic amines) is 1. The maximum absolute atomic E-state index is 5.76. The summed E-state index contributed by atoms with van der Waals surface area (Å²) in [6, 6.07) is 1.15. The Bertz CT molecular complexity index is 112. The highest BCUT2D eigenvalue weighted by atomic mass is 15.2. The minimum absolute atomic E-state index is 0.368. The van der Waals surface area contributed by atoms with Crippen molar-refractivity contribution in [2.45, 2.75) is 45.2 Å². The highest BCUT2D eigenvalue weighted by Gasteiger charge is 2.23. The van der Waals surface area contributed by atoms with E-state index >= 15 is 0 Å². The van der Waals surface area contributed by atoms with E-state index in [1.54, 1.807) is 0 Å². The van der Waals surface area contributed by atoms with Crippen molar-refractivity contribution < 1.29 is 0 Å². The number of rotatable bonds is 3. The van der Waals surface area contributed by atoms with E-state index in [1.807, 2.05) is 0 Å². The molecule has 1 aliphatic rings. The quantitative estimate of drug-likeness (QED) is 0.665.